The van der Waals surface area contributed by atoms with Crippen LogP contribution in [0.15, 0.2) is 40.9 Å². The largest absolute Gasteiger partial charge is 0.496 e. The van der Waals surface area contributed by atoms with Crippen LogP contribution in [0.1, 0.15) is 29.0 Å². The molecule has 0 aliphatic heterocycles. The quantitative estimate of drug-likeness (QED) is 0.332. The van der Waals surface area contributed by atoms with Crippen molar-refractivity contribution < 1.29 is 9.94 Å². The predicted octanol–water partition coefficient (Wildman–Crippen LogP) is 2.70. The van der Waals surface area contributed by atoms with Crippen molar-refractivity contribution in [2.45, 2.75) is 19.5 Å². The van der Waals surface area contributed by atoms with E-state index in [9.17, 15) is 0 Å². The van der Waals surface area contributed by atoms with Crippen molar-refractivity contribution in [1.82, 2.24) is 5.32 Å². The highest BCUT2D eigenvalue weighted by Gasteiger charge is 2.10. The number of benzene rings is 1. The van der Waals surface area contributed by atoms with Gasteiger partial charge in [-0.2, -0.15) is 0 Å². The molecule has 1 unspecified atom stereocenters. The maximum atomic E-state index is 8.77. The van der Waals surface area contributed by atoms with Crippen LogP contribution in [0.25, 0.3) is 0 Å². The number of hydrogen-bond acceptors (Lipinski definition) is 5. The molecule has 0 spiro atoms. The third-order valence-corrected chi connectivity index (χ3v) is 4.31. The van der Waals surface area contributed by atoms with Crippen molar-refractivity contribution in [2.24, 2.45) is 10.9 Å². The van der Waals surface area contributed by atoms with Crippen LogP contribution in [-0.4, -0.2) is 18.2 Å². The number of nitrogens with one attached hydrogen (secondary N) is 1. The van der Waals surface area contributed by atoms with Crippen molar-refractivity contribution >= 4 is 17.2 Å². The Labute approximate surface area is 128 Å². The van der Waals surface area contributed by atoms with Gasteiger partial charge in [-0.1, -0.05) is 11.2 Å². The highest BCUT2D eigenvalue weighted by molar-refractivity contribution is 7.10. The summed E-state index contributed by atoms with van der Waals surface area (Å²) in [5, 5.41) is 17.3. The summed E-state index contributed by atoms with van der Waals surface area (Å²) in [6.45, 7) is 2.75. The summed E-state index contributed by atoms with van der Waals surface area (Å²) in [5.74, 6) is 0.862. The minimum atomic E-state index is 0.0882. The van der Waals surface area contributed by atoms with Crippen molar-refractivity contribution in [1.29, 1.82) is 0 Å². The van der Waals surface area contributed by atoms with Gasteiger partial charge in [0, 0.05) is 28.6 Å². The number of nitrogens with two attached hydrogens (primary N) is 1. The van der Waals surface area contributed by atoms with E-state index in [1.807, 2.05) is 18.2 Å². The van der Waals surface area contributed by atoms with Crippen molar-refractivity contribution in [3.05, 3.63) is 51.7 Å². The number of thiophene rings is 1. The van der Waals surface area contributed by atoms with E-state index in [0.29, 0.717) is 12.1 Å². The third kappa shape index (κ3) is 3.74. The Hall–Kier alpha value is -2.05. The zero-order valence-corrected chi connectivity index (χ0v) is 12.9. The number of oxime groups is 1. The Morgan fingerprint density at radius 1 is 1.48 bits per heavy atom. The molecule has 0 saturated heterocycles. The second-order valence-electron chi connectivity index (χ2n) is 4.63. The van der Waals surface area contributed by atoms with E-state index in [0.717, 1.165) is 11.3 Å². The Kier molecular flexibility index (Phi) is 5.19. The normalized spacial score (nSPS) is 13.1. The lowest BCUT2D eigenvalue weighted by atomic mass is 10.1. The van der Waals surface area contributed by atoms with Crippen molar-refractivity contribution in [2.75, 3.05) is 7.11 Å². The highest BCUT2D eigenvalue weighted by Crippen LogP contribution is 2.23. The van der Waals surface area contributed by atoms with Crippen LogP contribution in [0.2, 0.25) is 0 Å². The van der Waals surface area contributed by atoms with E-state index in [2.05, 4.69) is 28.8 Å². The molecule has 1 heterocycles. The van der Waals surface area contributed by atoms with Gasteiger partial charge in [0.05, 0.1) is 7.11 Å². The van der Waals surface area contributed by atoms with Crippen LogP contribution in [-0.2, 0) is 6.54 Å². The molecule has 5 nitrogen and oxygen atoms in total. The summed E-state index contributed by atoms with van der Waals surface area (Å²) in [6.07, 6.45) is 0. The maximum absolute atomic E-state index is 8.77. The number of amidine groups is 1. The Bertz CT molecular complexity index is 611. The molecule has 2 aromatic rings. The van der Waals surface area contributed by atoms with Gasteiger partial charge in [0.1, 0.15) is 5.75 Å². The van der Waals surface area contributed by atoms with E-state index in [-0.39, 0.29) is 11.9 Å². The summed E-state index contributed by atoms with van der Waals surface area (Å²) in [5.41, 5.74) is 7.26. The number of nitrogens with zero attached hydrogens (tertiary/aromatic N) is 1. The Balaban J connectivity index is 2.14. The molecule has 2 rings (SSSR count). The van der Waals surface area contributed by atoms with Gasteiger partial charge in [0.25, 0.3) is 0 Å². The second kappa shape index (κ2) is 7.10. The van der Waals surface area contributed by atoms with Crippen LogP contribution in [0, 0.1) is 0 Å². The zero-order valence-electron chi connectivity index (χ0n) is 12.0. The summed E-state index contributed by atoms with van der Waals surface area (Å²) < 4.78 is 5.36. The molecule has 0 aliphatic carbocycles. The molecule has 4 N–H and O–H groups in total. The monoisotopic (exact) mass is 305 g/mol. The number of methoxy groups -OCH3 is 1. The first-order valence-corrected chi connectivity index (χ1v) is 7.45. The molecular weight excluding hydrogens is 286 g/mol. The van der Waals surface area contributed by atoms with E-state index < -0.39 is 0 Å². The Morgan fingerprint density at radius 2 is 2.29 bits per heavy atom. The van der Waals surface area contributed by atoms with Crippen LogP contribution in [0.5, 0.6) is 5.75 Å². The molecular formula is C15H19N3O2S. The molecule has 0 fully saturated rings. The molecule has 6 heteroatoms. The first-order valence-electron chi connectivity index (χ1n) is 6.57. The van der Waals surface area contributed by atoms with E-state index in [1.54, 1.807) is 24.5 Å². The lowest BCUT2D eigenvalue weighted by Gasteiger charge is -2.15. The fourth-order valence-corrected chi connectivity index (χ4v) is 2.79. The molecule has 1 atom stereocenters. The van der Waals surface area contributed by atoms with Gasteiger partial charge in [-0.05, 0) is 36.6 Å². The van der Waals surface area contributed by atoms with Gasteiger partial charge in [-0.25, -0.2) is 0 Å². The van der Waals surface area contributed by atoms with Crippen LogP contribution < -0.4 is 15.8 Å². The first kappa shape index (κ1) is 15.3. The SMILES string of the molecule is COc1ccc(/C(N)=N/O)cc1CNC(C)c1cccs1. The van der Waals surface area contributed by atoms with Crippen LogP contribution in [0.3, 0.4) is 0 Å². The molecule has 112 valence electrons. The summed E-state index contributed by atoms with van der Waals surface area (Å²) >= 11 is 1.72. The lowest BCUT2D eigenvalue weighted by molar-refractivity contribution is 0.318. The summed E-state index contributed by atoms with van der Waals surface area (Å²) in [4.78, 5) is 1.28. The molecule has 1 aromatic carbocycles. The lowest BCUT2D eigenvalue weighted by Crippen LogP contribution is -2.19. The number of ether oxygens (including phenoxy) is 1. The standard InChI is InChI=1S/C15H19N3O2S/c1-10(14-4-3-7-21-14)17-9-12-8-11(15(16)18-19)5-6-13(12)20-2/h3-8,10,17,19H,9H2,1-2H3,(H2,16,18). The van der Waals surface area contributed by atoms with Crippen LogP contribution in [0.4, 0.5) is 0 Å². The third-order valence-electron chi connectivity index (χ3n) is 3.25. The van der Waals surface area contributed by atoms with Gasteiger partial charge >= 0.3 is 0 Å². The number of hydrogen-bond donors (Lipinski definition) is 3. The van der Waals surface area contributed by atoms with Gasteiger partial charge in [-0.15, -0.1) is 11.3 Å². The van der Waals surface area contributed by atoms with E-state index in [4.69, 9.17) is 15.7 Å². The number of rotatable bonds is 6. The first-order chi connectivity index (χ1) is 10.2. The van der Waals surface area contributed by atoms with Crippen LogP contribution >= 0.6 is 11.3 Å². The van der Waals surface area contributed by atoms with Gasteiger partial charge < -0.3 is 21.0 Å². The van der Waals surface area contributed by atoms with Gasteiger partial charge in [0.2, 0.25) is 0 Å². The zero-order chi connectivity index (χ0) is 15.2. The smallest absolute Gasteiger partial charge is 0.170 e. The minimum Gasteiger partial charge on any atom is -0.496 e. The van der Waals surface area contributed by atoms with Crippen molar-refractivity contribution in [3.8, 4) is 5.75 Å². The van der Waals surface area contributed by atoms with Gasteiger partial charge in [0.15, 0.2) is 5.84 Å². The average molecular weight is 305 g/mol. The molecule has 0 amide bonds. The molecule has 0 radical (unpaired) electrons. The molecule has 0 bridgehead atoms. The topological polar surface area (TPSA) is 79.9 Å². The van der Waals surface area contributed by atoms with E-state index >= 15 is 0 Å². The minimum absolute atomic E-state index is 0.0882. The predicted molar refractivity (Wildman–Crippen MR) is 85.1 cm³/mol. The fraction of sp³-hybridized carbons (Fsp3) is 0.267. The second-order valence-corrected chi connectivity index (χ2v) is 5.61. The van der Waals surface area contributed by atoms with E-state index in [1.165, 1.54) is 4.88 Å². The summed E-state index contributed by atoms with van der Waals surface area (Å²) in [7, 11) is 1.63. The molecule has 1 aromatic heterocycles. The molecule has 0 aliphatic rings. The van der Waals surface area contributed by atoms with Crippen molar-refractivity contribution in [3.63, 3.8) is 0 Å². The fourth-order valence-electron chi connectivity index (χ4n) is 2.04. The highest BCUT2D eigenvalue weighted by atomic mass is 32.1. The average Bonchev–Trinajstić information content (AvgIpc) is 3.06. The van der Waals surface area contributed by atoms with Gasteiger partial charge in [-0.3, -0.25) is 0 Å². The molecule has 21 heavy (non-hydrogen) atoms. The maximum Gasteiger partial charge on any atom is 0.170 e. The summed E-state index contributed by atoms with van der Waals surface area (Å²) in [6, 6.07) is 9.84. The molecule has 0 saturated carbocycles. The Morgan fingerprint density at radius 3 is 2.90 bits per heavy atom.